The van der Waals surface area contributed by atoms with Crippen molar-refractivity contribution >= 4 is 22.8 Å². The Morgan fingerprint density at radius 3 is 2.90 bits per heavy atom. The van der Waals surface area contributed by atoms with E-state index in [-0.39, 0.29) is 0 Å². The molecule has 4 aromatic rings. The van der Waals surface area contributed by atoms with E-state index >= 15 is 0 Å². The van der Waals surface area contributed by atoms with Crippen LogP contribution >= 0.6 is 0 Å². The predicted molar refractivity (Wildman–Crippen MR) is 112 cm³/mol. The van der Waals surface area contributed by atoms with Crippen LogP contribution in [0.2, 0.25) is 0 Å². The topological polar surface area (TPSA) is 106 Å². The molecule has 0 bridgehead atoms. The van der Waals surface area contributed by atoms with E-state index in [1.165, 1.54) is 6.33 Å². The Bertz CT molecular complexity index is 1220. The van der Waals surface area contributed by atoms with E-state index in [0.717, 1.165) is 57.4 Å². The number of nitrogens with zero attached hydrogens (tertiary/aromatic N) is 5. The molecule has 3 N–H and O–H groups in total. The molecule has 8 heteroatoms. The van der Waals surface area contributed by atoms with Crippen molar-refractivity contribution < 1.29 is 4.74 Å². The van der Waals surface area contributed by atoms with Crippen molar-refractivity contribution in [3.05, 3.63) is 53.7 Å². The summed E-state index contributed by atoms with van der Waals surface area (Å²) in [7, 11) is 0. The largest absolute Gasteiger partial charge is 0.491 e. The highest BCUT2D eigenvalue weighted by molar-refractivity contribution is 5.78. The van der Waals surface area contributed by atoms with E-state index in [0.29, 0.717) is 19.0 Å². The lowest BCUT2D eigenvalue weighted by molar-refractivity contribution is 0.331. The van der Waals surface area contributed by atoms with Gasteiger partial charge in [-0.15, -0.1) is 0 Å². The number of H-pyrrole nitrogens is 1. The molecule has 0 saturated heterocycles. The number of aryl methyl sites for hydroxylation is 1. The molecule has 0 spiro atoms. The molecular formula is C21H21N7O. The van der Waals surface area contributed by atoms with Crippen LogP contribution in [0.25, 0.3) is 22.3 Å². The number of hydrogen-bond donors (Lipinski definition) is 2. The van der Waals surface area contributed by atoms with E-state index in [1.54, 1.807) is 0 Å². The van der Waals surface area contributed by atoms with Crippen LogP contribution in [0.15, 0.2) is 36.8 Å². The number of imidazole rings is 1. The maximum atomic E-state index is 5.99. The van der Waals surface area contributed by atoms with Crippen LogP contribution < -0.4 is 15.4 Å². The highest BCUT2D eigenvalue weighted by atomic mass is 16.5. The Hall–Kier alpha value is -3.68. The van der Waals surface area contributed by atoms with E-state index in [9.17, 15) is 0 Å². The minimum atomic E-state index is 0.503. The Morgan fingerprint density at radius 2 is 2.00 bits per heavy atom. The molecule has 1 aliphatic rings. The lowest BCUT2D eigenvalue weighted by Gasteiger charge is -2.23. The molecule has 3 aromatic heterocycles. The van der Waals surface area contributed by atoms with Gasteiger partial charge in [-0.05, 0) is 37.6 Å². The third kappa shape index (κ3) is 3.12. The molecule has 0 unspecified atom stereocenters. The second-order valence-corrected chi connectivity index (χ2v) is 7.22. The molecule has 146 valence electrons. The Morgan fingerprint density at radius 1 is 1.10 bits per heavy atom. The van der Waals surface area contributed by atoms with Crippen LogP contribution in [0.1, 0.15) is 17.0 Å². The van der Waals surface area contributed by atoms with Gasteiger partial charge in [-0.25, -0.2) is 19.9 Å². The zero-order valence-electron chi connectivity index (χ0n) is 16.3. The summed E-state index contributed by atoms with van der Waals surface area (Å²) < 4.78 is 5.99. The normalized spacial score (nSPS) is 13.8. The maximum absolute atomic E-state index is 5.99. The summed E-state index contributed by atoms with van der Waals surface area (Å²) >= 11 is 0. The molecule has 1 aromatic carbocycles. The lowest BCUT2D eigenvalue weighted by atomic mass is 10.0. The summed E-state index contributed by atoms with van der Waals surface area (Å²) in [5.41, 5.74) is 11.7. The van der Waals surface area contributed by atoms with Crippen molar-refractivity contribution in [1.29, 1.82) is 0 Å². The van der Waals surface area contributed by atoms with Gasteiger partial charge < -0.3 is 20.4 Å². The summed E-state index contributed by atoms with van der Waals surface area (Å²) in [4.78, 5) is 22.8. The molecule has 0 saturated carbocycles. The molecule has 0 fully saturated rings. The van der Waals surface area contributed by atoms with Crippen molar-refractivity contribution in [2.45, 2.75) is 20.4 Å². The first kappa shape index (κ1) is 17.4. The summed E-state index contributed by atoms with van der Waals surface area (Å²) in [5.74, 6) is 3.09. The van der Waals surface area contributed by atoms with Gasteiger partial charge in [0.05, 0.1) is 12.1 Å². The van der Waals surface area contributed by atoms with Crippen molar-refractivity contribution in [2.75, 3.05) is 23.8 Å². The number of nitrogens with two attached hydrogens (primary N) is 1. The Kier molecular flexibility index (Phi) is 4.04. The number of ether oxygens (including phenoxy) is 1. The van der Waals surface area contributed by atoms with Gasteiger partial charge in [0, 0.05) is 29.4 Å². The quantitative estimate of drug-likeness (QED) is 0.544. The highest BCUT2D eigenvalue weighted by Gasteiger charge is 2.20. The average Bonchev–Trinajstić information content (AvgIpc) is 2.96. The smallest absolute Gasteiger partial charge is 0.177 e. The minimum absolute atomic E-state index is 0.503. The van der Waals surface area contributed by atoms with Gasteiger partial charge in [0.1, 0.15) is 36.1 Å². The molecule has 4 heterocycles. The lowest BCUT2D eigenvalue weighted by Crippen LogP contribution is -2.27. The first-order valence-corrected chi connectivity index (χ1v) is 9.49. The second-order valence-electron chi connectivity index (χ2n) is 7.22. The summed E-state index contributed by atoms with van der Waals surface area (Å²) in [6.45, 7) is 5.86. The molecular weight excluding hydrogens is 366 g/mol. The van der Waals surface area contributed by atoms with Gasteiger partial charge in [-0.3, -0.25) is 0 Å². The number of hydrogen-bond acceptors (Lipinski definition) is 7. The fourth-order valence-corrected chi connectivity index (χ4v) is 3.71. The van der Waals surface area contributed by atoms with Crippen molar-refractivity contribution in [2.24, 2.45) is 0 Å². The van der Waals surface area contributed by atoms with Crippen LogP contribution in [0, 0.1) is 13.8 Å². The second kappa shape index (κ2) is 6.73. The summed E-state index contributed by atoms with van der Waals surface area (Å²) in [5, 5.41) is 0. The zero-order valence-corrected chi connectivity index (χ0v) is 16.3. The molecule has 0 amide bonds. The fourth-order valence-electron chi connectivity index (χ4n) is 3.71. The summed E-state index contributed by atoms with van der Waals surface area (Å²) in [6, 6.07) is 8.32. The number of anilines is 2. The van der Waals surface area contributed by atoms with Gasteiger partial charge in [0.2, 0.25) is 0 Å². The molecule has 5 rings (SSSR count). The third-order valence-corrected chi connectivity index (χ3v) is 5.23. The van der Waals surface area contributed by atoms with Gasteiger partial charge in [0.15, 0.2) is 5.65 Å². The number of rotatable bonds is 2. The Labute approximate surface area is 167 Å². The molecule has 0 radical (unpaired) electrons. The van der Waals surface area contributed by atoms with Crippen LogP contribution in [0.4, 0.5) is 11.6 Å². The number of aromatic nitrogens is 5. The molecule has 8 nitrogen and oxygen atoms in total. The number of nitrogens with one attached hydrogen (secondary N) is 1. The number of nitrogen functional groups attached to an aromatic ring is 1. The van der Waals surface area contributed by atoms with E-state index in [2.05, 4.69) is 48.0 Å². The number of fused-ring (bicyclic) bond motifs is 2. The van der Waals surface area contributed by atoms with Crippen molar-refractivity contribution in [3.8, 4) is 16.9 Å². The van der Waals surface area contributed by atoms with Gasteiger partial charge in [0.25, 0.3) is 0 Å². The van der Waals surface area contributed by atoms with E-state index in [4.69, 9.17) is 10.5 Å². The van der Waals surface area contributed by atoms with Crippen LogP contribution in [-0.4, -0.2) is 38.1 Å². The maximum Gasteiger partial charge on any atom is 0.177 e. The average molecular weight is 387 g/mol. The molecule has 0 atom stereocenters. The van der Waals surface area contributed by atoms with Crippen LogP contribution in [0.5, 0.6) is 5.75 Å². The summed E-state index contributed by atoms with van der Waals surface area (Å²) in [6.07, 6.45) is 3.36. The monoisotopic (exact) mass is 387 g/mol. The SMILES string of the molecule is Cc1nc2ncc(-c3ccc4c(c3)CN(c3ncnc(N)c3C)CCO4)cc2[nH]1. The zero-order chi connectivity index (χ0) is 20.0. The van der Waals surface area contributed by atoms with Gasteiger partial charge in [-0.1, -0.05) is 6.07 Å². The molecule has 29 heavy (non-hydrogen) atoms. The predicted octanol–water partition coefficient (Wildman–Crippen LogP) is 3.01. The van der Waals surface area contributed by atoms with E-state index in [1.807, 2.05) is 26.1 Å². The fraction of sp³-hybridized carbons (Fsp3) is 0.238. The van der Waals surface area contributed by atoms with Gasteiger partial charge in [-0.2, -0.15) is 0 Å². The molecule has 0 aliphatic carbocycles. The van der Waals surface area contributed by atoms with Crippen LogP contribution in [0.3, 0.4) is 0 Å². The third-order valence-electron chi connectivity index (χ3n) is 5.23. The highest BCUT2D eigenvalue weighted by Crippen LogP contribution is 2.32. The Balaban J connectivity index is 1.52. The van der Waals surface area contributed by atoms with Gasteiger partial charge >= 0.3 is 0 Å². The first-order chi connectivity index (χ1) is 14.1. The minimum Gasteiger partial charge on any atom is -0.491 e. The van der Waals surface area contributed by atoms with Crippen LogP contribution in [-0.2, 0) is 6.54 Å². The first-order valence-electron chi connectivity index (χ1n) is 9.49. The number of aromatic amines is 1. The van der Waals surface area contributed by atoms with E-state index < -0.39 is 0 Å². The van der Waals surface area contributed by atoms with Crippen molar-refractivity contribution in [3.63, 3.8) is 0 Å². The standard InChI is InChI=1S/C21H21N7O/c1-12-19(22)24-11-25-21(12)28-5-6-29-18-4-3-14(7-16(18)10-28)15-8-17-20(23-9-15)27-13(2)26-17/h3-4,7-9,11H,5-6,10H2,1-2H3,(H2,22,24,25)(H,23,26,27). The van der Waals surface area contributed by atoms with Crippen molar-refractivity contribution in [1.82, 2.24) is 24.9 Å². The number of benzene rings is 1. The number of pyridine rings is 1. The molecule has 1 aliphatic heterocycles.